The van der Waals surface area contributed by atoms with Gasteiger partial charge in [0, 0.05) is 31.7 Å². The Bertz CT molecular complexity index is 463. The van der Waals surface area contributed by atoms with E-state index < -0.39 is 5.54 Å². The van der Waals surface area contributed by atoms with Gasteiger partial charge in [-0.1, -0.05) is 18.2 Å². The van der Waals surface area contributed by atoms with Crippen LogP contribution in [0.4, 0.5) is 0 Å². The van der Waals surface area contributed by atoms with Crippen LogP contribution >= 0.6 is 0 Å². The maximum atomic E-state index is 9.72. The van der Waals surface area contributed by atoms with Gasteiger partial charge in [-0.15, -0.1) is 0 Å². The van der Waals surface area contributed by atoms with Crippen molar-refractivity contribution in [2.24, 2.45) is 0 Å². The number of nitriles is 1. The summed E-state index contributed by atoms with van der Waals surface area (Å²) in [6, 6.07) is 10.3. The summed E-state index contributed by atoms with van der Waals surface area (Å²) in [6.07, 6.45) is 0. The lowest BCUT2D eigenvalue weighted by Crippen LogP contribution is -2.52. The summed E-state index contributed by atoms with van der Waals surface area (Å²) in [5, 5.41) is 13.0. The number of piperazine rings is 1. The first-order valence-corrected chi connectivity index (χ1v) is 6.81. The Hall–Kier alpha value is -1.57. The molecule has 19 heavy (non-hydrogen) atoms. The van der Waals surface area contributed by atoms with Crippen LogP contribution in [-0.4, -0.2) is 37.7 Å². The number of nitrogens with zero attached hydrogens (tertiary/aromatic N) is 2. The summed E-state index contributed by atoms with van der Waals surface area (Å²) in [4.78, 5) is 2.22. The summed E-state index contributed by atoms with van der Waals surface area (Å²) in [5.41, 5.74) is 0.328. The summed E-state index contributed by atoms with van der Waals surface area (Å²) in [5.74, 6) is 0.813. The Balaban J connectivity index is 2.37. The third-order valence-corrected chi connectivity index (χ3v) is 3.68. The van der Waals surface area contributed by atoms with Crippen LogP contribution in [0.5, 0.6) is 5.75 Å². The SMILES string of the molecule is CCOc1ccccc1C(C)(C#N)N1CCNCC1. The van der Waals surface area contributed by atoms with E-state index in [-0.39, 0.29) is 0 Å². The molecule has 1 aromatic rings. The molecule has 0 aliphatic carbocycles. The minimum Gasteiger partial charge on any atom is -0.493 e. The molecule has 1 unspecified atom stereocenters. The van der Waals surface area contributed by atoms with Gasteiger partial charge in [-0.05, 0) is 19.9 Å². The monoisotopic (exact) mass is 259 g/mol. The molecule has 1 N–H and O–H groups in total. The average molecular weight is 259 g/mol. The normalized spacial score (nSPS) is 19.4. The molecule has 0 spiro atoms. The second-order valence-electron chi connectivity index (χ2n) is 4.85. The van der Waals surface area contributed by atoms with E-state index in [0.29, 0.717) is 6.61 Å². The zero-order chi connectivity index (χ0) is 13.7. The number of hydrogen-bond acceptors (Lipinski definition) is 4. The van der Waals surface area contributed by atoms with Crippen LogP contribution in [0.2, 0.25) is 0 Å². The van der Waals surface area contributed by atoms with Gasteiger partial charge in [-0.3, -0.25) is 4.90 Å². The zero-order valence-electron chi connectivity index (χ0n) is 11.6. The molecule has 0 saturated carbocycles. The molecule has 0 aromatic heterocycles. The summed E-state index contributed by atoms with van der Waals surface area (Å²) in [6.45, 7) is 8.17. The highest BCUT2D eigenvalue weighted by Crippen LogP contribution is 2.34. The van der Waals surface area contributed by atoms with Crippen LogP contribution in [-0.2, 0) is 5.54 Å². The molecule has 0 amide bonds. The van der Waals surface area contributed by atoms with Gasteiger partial charge in [0.05, 0.1) is 12.7 Å². The molecule has 0 radical (unpaired) electrons. The second kappa shape index (κ2) is 6.05. The number of para-hydroxylation sites is 1. The molecule has 4 heteroatoms. The van der Waals surface area contributed by atoms with Gasteiger partial charge >= 0.3 is 0 Å². The van der Waals surface area contributed by atoms with Gasteiger partial charge in [0.15, 0.2) is 0 Å². The lowest BCUT2D eigenvalue weighted by molar-refractivity contribution is 0.129. The first-order chi connectivity index (χ1) is 9.22. The minimum absolute atomic E-state index is 0.611. The maximum absolute atomic E-state index is 9.72. The van der Waals surface area contributed by atoms with Crippen LogP contribution in [0.1, 0.15) is 19.4 Å². The second-order valence-corrected chi connectivity index (χ2v) is 4.85. The maximum Gasteiger partial charge on any atom is 0.135 e. The molecule has 102 valence electrons. The molecular formula is C15H21N3O. The van der Waals surface area contributed by atoms with Crippen molar-refractivity contribution in [1.29, 1.82) is 5.26 Å². The van der Waals surface area contributed by atoms with Crippen molar-refractivity contribution < 1.29 is 4.74 Å². The molecule has 1 saturated heterocycles. The molecule has 4 nitrogen and oxygen atoms in total. The van der Waals surface area contributed by atoms with Gasteiger partial charge in [-0.2, -0.15) is 5.26 Å². The van der Waals surface area contributed by atoms with Gasteiger partial charge in [0.2, 0.25) is 0 Å². The van der Waals surface area contributed by atoms with E-state index in [1.54, 1.807) is 0 Å². The van der Waals surface area contributed by atoms with Crippen molar-refractivity contribution in [3.8, 4) is 11.8 Å². The van der Waals surface area contributed by atoms with Gasteiger partial charge < -0.3 is 10.1 Å². The highest BCUT2D eigenvalue weighted by atomic mass is 16.5. The van der Waals surface area contributed by atoms with Crippen LogP contribution in [0.25, 0.3) is 0 Å². The number of ether oxygens (including phenoxy) is 1. The fourth-order valence-electron chi connectivity index (χ4n) is 2.56. The Labute approximate surface area is 115 Å². The van der Waals surface area contributed by atoms with Gasteiger partial charge in [0.25, 0.3) is 0 Å². The third-order valence-electron chi connectivity index (χ3n) is 3.68. The Kier molecular flexibility index (Phi) is 4.41. The molecule has 1 aromatic carbocycles. The van der Waals surface area contributed by atoms with Crippen molar-refractivity contribution in [2.75, 3.05) is 32.8 Å². The van der Waals surface area contributed by atoms with E-state index in [1.807, 2.05) is 38.1 Å². The van der Waals surface area contributed by atoms with Crippen molar-refractivity contribution >= 4 is 0 Å². The number of hydrogen-bond donors (Lipinski definition) is 1. The van der Waals surface area contributed by atoms with Gasteiger partial charge in [-0.25, -0.2) is 0 Å². The van der Waals surface area contributed by atoms with E-state index in [4.69, 9.17) is 4.74 Å². The van der Waals surface area contributed by atoms with Crippen molar-refractivity contribution in [3.63, 3.8) is 0 Å². The van der Waals surface area contributed by atoms with E-state index >= 15 is 0 Å². The topological polar surface area (TPSA) is 48.3 Å². The Morgan fingerprint density at radius 1 is 1.37 bits per heavy atom. The molecule has 1 heterocycles. The number of rotatable bonds is 4. The predicted octanol–water partition coefficient (Wildman–Crippen LogP) is 1.73. The smallest absolute Gasteiger partial charge is 0.135 e. The molecule has 1 fully saturated rings. The van der Waals surface area contributed by atoms with Gasteiger partial charge in [0.1, 0.15) is 11.3 Å². The standard InChI is InChI=1S/C15H21N3O/c1-3-19-14-7-5-4-6-13(14)15(2,12-16)18-10-8-17-9-11-18/h4-7,17H,3,8-11H2,1-2H3. The third kappa shape index (κ3) is 2.73. The van der Waals surface area contributed by atoms with E-state index in [9.17, 15) is 5.26 Å². The predicted molar refractivity (Wildman–Crippen MR) is 75.0 cm³/mol. The van der Waals surface area contributed by atoms with Crippen molar-refractivity contribution in [1.82, 2.24) is 10.2 Å². The molecule has 1 atom stereocenters. The Morgan fingerprint density at radius 2 is 2.05 bits per heavy atom. The number of benzene rings is 1. The molecule has 2 rings (SSSR count). The molecule has 0 bridgehead atoms. The minimum atomic E-state index is -0.631. The van der Waals surface area contributed by atoms with E-state index in [2.05, 4.69) is 16.3 Å². The fraction of sp³-hybridized carbons (Fsp3) is 0.533. The zero-order valence-corrected chi connectivity index (χ0v) is 11.6. The average Bonchev–Trinajstić information content (AvgIpc) is 2.48. The lowest BCUT2D eigenvalue weighted by Gasteiger charge is -2.39. The quantitative estimate of drug-likeness (QED) is 0.894. The molecular weight excluding hydrogens is 238 g/mol. The molecule has 1 aliphatic rings. The first-order valence-electron chi connectivity index (χ1n) is 6.81. The van der Waals surface area contributed by atoms with Crippen LogP contribution in [0.15, 0.2) is 24.3 Å². The molecule has 1 aliphatic heterocycles. The summed E-state index contributed by atoms with van der Waals surface area (Å²) in [7, 11) is 0. The lowest BCUT2D eigenvalue weighted by atomic mass is 9.90. The van der Waals surface area contributed by atoms with E-state index in [1.165, 1.54) is 0 Å². The highest BCUT2D eigenvalue weighted by Gasteiger charge is 2.36. The summed E-state index contributed by atoms with van der Waals surface area (Å²) >= 11 is 0. The van der Waals surface area contributed by atoms with Crippen LogP contribution in [0.3, 0.4) is 0 Å². The van der Waals surface area contributed by atoms with Crippen LogP contribution < -0.4 is 10.1 Å². The fourth-order valence-corrected chi connectivity index (χ4v) is 2.56. The highest BCUT2D eigenvalue weighted by molar-refractivity contribution is 5.42. The summed E-state index contributed by atoms with van der Waals surface area (Å²) < 4.78 is 5.68. The van der Waals surface area contributed by atoms with Crippen LogP contribution in [0, 0.1) is 11.3 Å². The Morgan fingerprint density at radius 3 is 2.68 bits per heavy atom. The van der Waals surface area contributed by atoms with Crippen molar-refractivity contribution in [2.45, 2.75) is 19.4 Å². The number of nitrogens with one attached hydrogen (secondary N) is 1. The van der Waals surface area contributed by atoms with Crippen molar-refractivity contribution in [3.05, 3.63) is 29.8 Å². The largest absolute Gasteiger partial charge is 0.493 e. The first kappa shape index (κ1) is 13.9. The van der Waals surface area contributed by atoms with E-state index in [0.717, 1.165) is 37.5 Å².